The number of hydrogen-bond acceptors (Lipinski definition) is 4. The summed E-state index contributed by atoms with van der Waals surface area (Å²) in [6.07, 6.45) is 0.709. The molecule has 0 unspecified atom stereocenters. The average Bonchev–Trinajstić information content (AvgIpc) is 2.67. The largest absolute Gasteiger partial charge is 0.382 e. The highest BCUT2D eigenvalue weighted by Crippen LogP contribution is 2.28. The standard InChI is InChI=1S/C20H23Cl2NO4S/c1-4-14(3)23(20(24)17-8-6-7-9-18(17)22)13-15-12-16(21)10-11-19(15)27-28(25,26)5-2/h6-12,14H,4-5,13H2,1-3H3/t14-/m1/s1. The van der Waals surface area contributed by atoms with Crippen LogP contribution in [0.4, 0.5) is 0 Å². The van der Waals surface area contributed by atoms with Crippen molar-refractivity contribution in [3.05, 3.63) is 63.6 Å². The van der Waals surface area contributed by atoms with Crippen LogP contribution in [-0.4, -0.2) is 31.0 Å². The number of hydrogen-bond donors (Lipinski definition) is 0. The Labute approximate surface area is 176 Å². The molecule has 0 N–H and O–H groups in total. The van der Waals surface area contributed by atoms with E-state index in [2.05, 4.69) is 0 Å². The van der Waals surface area contributed by atoms with Gasteiger partial charge in [0, 0.05) is 16.6 Å². The molecule has 1 atom stereocenters. The van der Waals surface area contributed by atoms with E-state index in [0.29, 0.717) is 27.6 Å². The van der Waals surface area contributed by atoms with Crippen LogP contribution in [0.1, 0.15) is 43.1 Å². The van der Waals surface area contributed by atoms with Gasteiger partial charge in [0.1, 0.15) is 5.75 Å². The molecule has 152 valence electrons. The molecule has 0 saturated heterocycles. The van der Waals surface area contributed by atoms with E-state index in [4.69, 9.17) is 27.4 Å². The lowest BCUT2D eigenvalue weighted by molar-refractivity contribution is 0.0671. The van der Waals surface area contributed by atoms with Crippen LogP contribution in [0.2, 0.25) is 10.0 Å². The zero-order valence-electron chi connectivity index (χ0n) is 16.0. The summed E-state index contributed by atoms with van der Waals surface area (Å²) in [7, 11) is -3.72. The van der Waals surface area contributed by atoms with E-state index < -0.39 is 10.1 Å². The van der Waals surface area contributed by atoms with E-state index in [-0.39, 0.29) is 30.0 Å². The lowest BCUT2D eigenvalue weighted by Crippen LogP contribution is -2.38. The van der Waals surface area contributed by atoms with Crippen LogP contribution in [0.3, 0.4) is 0 Å². The lowest BCUT2D eigenvalue weighted by Gasteiger charge is -2.30. The summed E-state index contributed by atoms with van der Waals surface area (Å²) in [5.41, 5.74) is 0.889. The Hall–Kier alpha value is -1.76. The first kappa shape index (κ1) is 22.5. The predicted octanol–water partition coefficient (Wildman–Crippen LogP) is 5.16. The number of carbonyl (C=O) groups excluding carboxylic acids is 1. The maximum Gasteiger partial charge on any atom is 0.308 e. The molecule has 0 aromatic heterocycles. The minimum absolute atomic E-state index is 0.113. The maximum atomic E-state index is 13.2. The van der Waals surface area contributed by atoms with Crippen molar-refractivity contribution in [1.82, 2.24) is 4.90 Å². The van der Waals surface area contributed by atoms with Crippen molar-refractivity contribution >= 4 is 39.2 Å². The molecule has 0 aliphatic carbocycles. The molecule has 2 aromatic carbocycles. The van der Waals surface area contributed by atoms with Crippen molar-refractivity contribution in [1.29, 1.82) is 0 Å². The first-order chi connectivity index (χ1) is 13.2. The third kappa shape index (κ3) is 5.63. The number of halogens is 2. The van der Waals surface area contributed by atoms with Gasteiger partial charge >= 0.3 is 10.1 Å². The summed E-state index contributed by atoms with van der Waals surface area (Å²) in [6, 6.07) is 11.4. The molecule has 0 heterocycles. The molecule has 0 saturated carbocycles. The molecule has 2 rings (SSSR count). The molecule has 0 bridgehead atoms. The summed E-state index contributed by atoms with van der Waals surface area (Å²) < 4.78 is 29.1. The van der Waals surface area contributed by atoms with Crippen molar-refractivity contribution in [2.45, 2.75) is 39.8 Å². The van der Waals surface area contributed by atoms with Crippen molar-refractivity contribution in [3.8, 4) is 5.75 Å². The van der Waals surface area contributed by atoms with Crippen molar-refractivity contribution in [3.63, 3.8) is 0 Å². The minimum Gasteiger partial charge on any atom is -0.382 e. The van der Waals surface area contributed by atoms with Gasteiger partial charge in [-0.2, -0.15) is 8.42 Å². The van der Waals surface area contributed by atoms with Gasteiger partial charge < -0.3 is 9.08 Å². The van der Waals surface area contributed by atoms with Crippen LogP contribution in [0.5, 0.6) is 5.75 Å². The molecule has 0 aliphatic rings. The number of carbonyl (C=O) groups is 1. The first-order valence-corrected chi connectivity index (χ1v) is 11.3. The average molecular weight is 444 g/mol. The van der Waals surface area contributed by atoms with Crippen LogP contribution >= 0.6 is 23.2 Å². The molecule has 8 heteroatoms. The van der Waals surface area contributed by atoms with E-state index in [1.54, 1.807) is 41.3 Å². The van der Waals surface area contributed by atoms with Crippen molar-refractivity contribution in [2.75, 3.05) is 5.75 Å². The summed E-state index contributed by atoms with van der Waals surface area (Å²) in [5.74, 6) is -0.251. The summed E-state index contributed by atoms with van der Waals surface area (Å²) in [4.78, 5) is 14.8. The summed E-state index contributed by atoms with van der Waals surface area (Å²) >= 11 is 12.3. The van der Waals surface area contributed by atoms with Crippen LogP contribution in [0.25, 0.3) is 0 Å². The fourth-order valence-electron chi connectivity index (χ4n) is 2.57. The topological polar surface area (TPSA) is 63.7 Å². The smallest absolute Gasteiger partial charge is 0.308 e. The highest BCUT2D eigenvalue weighted by molar-refractivity contribution is 7.87. The van der Waals surface area contributed by atoms with Crippen molar-refractivity contribution in [2.24, 2.45) is 0 Å². The van der Waals surface area contributed by atoms with Gasteiger partial charge in [-0.05, 0) is 50.6 Å². The molecular formula is C20H23Cl2NO4S. The number of amides is 1. The van der Waals surface area contributed by atoms with Gasteiger partial charge in [-0.1, -0.05) is 42.3 Å². The van der Waals surface area contributed by atoms with Crippen LogP contribution in [-0.2, 0) is 16.7 Å². The molecule has 5 nitrogen and oxygen atoms in total. The van der Waals surface area contributed by atoms with E-state index >= 15 is 0 Å². The van der Waals surface area contributed by atoms with E-state index in [9.17, 15) is 13.2 Å². The summed E-state index contributed by atoms with van der Waals surface area (Å²) in [5, 5.41) is 0.780. The van der Waals surface area contributed by atoms with E-state index in [0.717, 1.165) is 0 Å². The van der Waals surface area contributed by atoms with Crippen molar-refractivity contribution < 1.29 is 17.4 Å². The monoisotopic (exact) mass is 443 g/mol. The van der Waals surface area contributed by atoms with Gasteiger partial charge in [0.05, 0.1) is 22.9 Å². The highest BCUT2D eigenvalue weighted by atomic mass is 35.5. The van der Waals surface area contributed by atoms with Crippen LogP contribution < -0.4 is 4.18 Å². The zero-order chi connectivity index (χ0) is 20.9. The van der Waals surface area contributed by atoms with Gasteiger partial charge in [-0.25, -0.2) is 0 Å². The summed E-state index contributed by atoms with van der Waals surface area (Å²) in [6.45, 7) is 5.52. The second-order valence-electron chi connectivity index (χ2n) is 6.35. The number of nitrogens with zero attached hydrogens (tertiary/aromatic N) is 1. The second-order valence-corrected chi connectivity index (χ2v) is 9.05. The van der Waals surface area contributed by atoms with Gasteiger partial charge in [-0.3, -0.25) is 4.79 Å². The minimum atomic E-state index is -3.72. The third-order valence-corrected chi connectivity index (χ3v) is 6.13. The fourth-order valence-corrected chi connectivity index (χ4v) is 3.53. The SMILES string of the molecule is CC[C@@H](C)N(Cc1cc(Cl)ccc1OS(=O)(=O)CC)C(=O)c1ccccc1Cl. The number of benzene rings is 2. The molecule has 1 amide bonds. The Bertz CT molecular complexity index is 947. The molecule has 0 aliphatic heterocycles. The van der Waals surface area contributed by atoms with Gasteiger partial charge in [-0.15, -0.1) is 0 Å². The Morgan fingerprint density at radius 2 is 1.82 bits per heavy atom. The number of rotatable bonds is 8. The predicted molar refractivity (Wildman–Crippen MR) is 113 cm³/mol. The third-order valence-electron chi connectivity index (χ3n) is 4.42. The Kier molecular flexibility index (Phi) is 7.75. The molecule has 0 radical (unpaired) electrons. The molecule has 0 fully saturated rings. The molecule has 2 aromatic rings. The van der Waals surface area contributed by atoms with Gasteiger partial charge in [0.2, 0.25) is 0 Å². The van der Waals surface area contributed by atoms with E-state index in [1.807, 2.05) is 13.8 Å². The Morgan fingerprint density at radius 3 is 2.43 bits per heavy atom. The maximum absolute atomic E-state index is 13.2. The Balaban J connectivity index is 2.44. The van der Waals surface area contributed by atoms with Gasteiger partial charge in [0.25, 0.3) is 5.91 Å². The lowest BCUT2D eigenvalue weighted by atomic mass is 10.1. The van der Waals surface area contributed by atoms with Crippen LogP contribution in [0, 0.1) is 0 Å². The Morgan fingerprint density at radius 1 is 1.14 bits per heavy atom. The first-order valence-electron chi connectivity index (χ1n) is 8.94. The van der Waals surface area contributed by atoms with Gasteiger partial charge in [0.15, 0.2) is 0 Å². The zero-order valence-corrected chi connectivity index (χ0v) is 18.3. The normalized spacial score (nSPS) is 12.5. The fraction of sp³-hybridized carbons (Fsp3) is 0.350. The van der Waals surface area contributed by atoms with E-state index in [1.165, 1.54) is 13.0 Å². The molecular weight excluding hydrogens is 421 g/mol. The van der Waals surface area contributed by atoms with Crippen LogP contribution in [0.15, 0.2) is 42.5 Å². The quantitative estimate of drug-likeness (QED) is 0.528. The second kappa shape index (κ2) is 9.63. The molecule has 28 heavy (non-hydrogen) atoms. The molecule has 0 spiro atoms. The highest BCUT2D eigenvalue weighted by Gasteiger charge is 2.24.